The molecular weight excluding hydrogens is 511 g/mol. The molecule has 2 amide bonds. The van der Waals surface area contributed by atoms with Gasteiger partial charge in [0.1, 0.15) is 11.4 Å². The molecule has 0 bridgehead atoms. The molecule has 0 spiro atoms. The highest BCUT2D eigenvalue weighted by atomic mass is 19.4. The maximum absolute atomic E-state index is 13.6. The van der Waals surface area contributed by atoms with Gasteiger partial charge in [-0.25, -0.2) is 0 Å². The number of carbonyl (C=O) groups is 2. The monoisotopic (exact) mass is 538 g/mol. The van der Waals surface area contributed by atoms with Gasteiger partial charge in [0.2, 0.25) is 11.4 Å². The van der Waals surface area contributed by atoms with Crippen LogP contribution in [0.3, 0.4) is 0 Å². The second-order valence-corrected chi connectivity index (χ2v) is 10.7. The smallest absolute Gasteiger partial charge is 0.329 e. The van der Waals surface area contributed by atoms with Gasteiger partial charge in [0.05, 0.1) is 12.1 Å². The molecule has 3 aromatic heterocycles. The molecule has 0 saturated carbocycles. The summed E-state index contributed by atoms with van der Waals surface area (Å²) in [7, 11) is 0. The lowest BCUT2D eigenvalue weighted by Crippen LogP contribution is -2.69. The van der Waals surface area contributed by atoms with E-state index in [9.17, 15) is 22.8 Å². The number of carbonyl (C=O) groups excluding carboxylic acids is 2. The molecule has 0 radical (unpaired) electrons. The van der Waals surface area contributed by atoms with Crippen LogP contribution in [0, 0.1) is 6.92 Å². The van der Waals surface area contributed by atoms with Gasteiger partial charge >= 0.3 is 17.7 Å². The summed E-state index contributed by atoms with van der Waals surface area (Å²) in [6.45, 7) is 8.80. The number of amides is 2. The fourth-order valence-electron chi connectivity index (χ4n) is 5.68. The largest absolute Gasteiger partial charge is 0.416 e. The summed E-state index contributed by atoms with van der Waals surface area (Å²) in [5.41, 5.74) is 2.59. The fraction of sp³-hybridized carbons (Fsp3) is 0.370. The van der Waals surface area contributed by atoms with Crippen molar-refractivity contribution in [3.05, 3.63) is 70.8 Å². The number of piperazine rings is 1. The van der Waals surface area contributed by atoms with E-state index in [0.717, 1.165) is 23.4 Å². The molecule has 0 aliphatic carbocycles. The first-order valence-electron chi connectivity index (χ1n) is 12.7. The molecule has 1 N–H and O–H groups in total. The van der Waals surface area contributed by atoms with Gasteiger partial charge in [-0.1, -0.05) is 35.6 Å². The number of aromatic amines is 1. The molecule has 1 aromatic carbocycles. The Morgan fingerprint density at radius 1 is 1.15 bits per heavy atom. The van der Waals surface area contributed by atoms with E-state index in [1.165, 1.54) is 12.1 Å². The van der Waals surface area contributed by atoms with Crippen LogP contribution < -0.4 is 4.57 Å². The topological polar surface area (TPSA) is 90.5 Å². The quantitative estimate of drug-likeness (QED) is 0.403. The second kappa shape index (κ2) is 8.39. The molecule has 1 fully saturated rings. The Hall–Kier alpha value is -4.22. The molecule has 2 aliphatic rings. The van der Waals surface area contributed by atoms with Crippen LogP contribution >= 0.6 is 0 Å². The highest BCUT2D eigenvalue weighted by molar-refractivity contribution is 5.95. The van der Waals surface area contributed by atoms with E-state index in [2.05, 4.69) is 10.2 Å². The molecule has 1 atom stereocenters. The van der Waals surface area contributed by atoms with Gasteiger partial charge in [-0.05, 0) is 37.1 Å². The summed E-state index contributed by atoms with van der Waals surface area (Å²) in [6.07, 6.45) is -2.76. The number of halogens is 3. The standard InChI is InChI=1S/C27H26F3N7O2/c1-15(2)19-12-20(17-5-7-18(8-6-17)27(28,29)30)33-36-13-22-25(39)35-10-9-34(14-26(35,4)37(22)23(19)36)24(38)21-11-16(3)31-32-21/h5-8,11-13,15H,9-10,14H2,1-4H3/p+1. The van der Waals surface area contributed by atoms with Crippen molar-refractivity contribution in [1.82, 2.24) is 29.6 Å². The van der Waals surface area contributed by atoms with Gasteiger partial charge in [-0.3, -0.25) is 19.6 Å². The number of hydrogen-bond acceptors (Lipinski definition) is 4. The summed E-state index contributed by atoms with van der Waals surface area (Å²) in [4.78, 5) is 30.3. The minimum atomic E-state index is -4.43. The number of rotatable bonds is 3. The average molecular weight is 539 g/mol. The van der Waals surface area contributed by atoms with E-state index < -0.39 is 17.4 Å². The second-order valence-electron chi connectivity index (χ2n) is 10.7. The summed E-state index contributed by atoms with van der Waals surface area (Å²) >= 11 is 0. The van der Waals surface area contributed by atoms with Crippen molar-refractivity contribution in [2.45, 2.75) is 45.5 Å². The number of imidazole rings is 1. The molecular formula is C27H27F3N7O2+. The third-order valence-corrected chi connectivity index (χ3v) is 7.63. The highest BCUT2D eigenvalue weighted by Gasteiger charge is 2.57. The fourth-order valence-corrected chi connectivity index (χ4v) is 5.68. The van der Waals surface area contributed by atoms with Gasteiger partial charge in [0.25, 0.3) is 5.91 Å². The number of nitrogens with zero attached hydrogens (tertiary/aromatic N) is 6. The maximum atomic E-state index is 13.6. The van der Waals surface area contributed by atoms with Crippen LogP contribution in [0.5, 0.6) is 0 Å². The minimum Gasteiger partial charge on any atom is -0.329 e. The number of alkyl halides is 3. The number of aromatic nitrogens is 5. The third-order valence-electron chi connectivity index (χ3n) is 7.63. The minimum absolute atomic E-state index is 0.0105. The Morgan fingerprint density at radius 2 is 1.87 bits per heavy atom. The van der Waals surface area contributed by atoms with Crippen molar-refractivity contribution in [2.24, 2.45) is 0 Å². The Morgan fingerprint density at radius 3 is 2.49 bits per heavy atom. The first-order valence-corrected chi connectivity index (χ1v) is 12.7. The van der Waals surface area contributed by atoms with Crippen LogP contribution in [0.1, 0.15) is 64.5 Å². The van der Waals surface area contributed by atoms with Crippen LogP contribution in [0.25, 0.3) is 16.9 Å². The molecule has 12 heteroatoms. The van der Waals surface area contributed by atoms with Crippen LogP contribution in [0.2, 0.25) is 0 Å². The lowest BCUT2D eigenvalue weighted by molar-refractivity contribution is -0.749. The van der Waals surface area contributed by atoms with Crippen molar-refractivity contribution in [3.8, 4) is 11.3 Å². The summed E-state index contributed by atoms with van der Waals surface area (Å²) in [5.74, 6) is -0.357. The van der Waals surface area contributed by atoms with Crippen LogP contribution in [-0.2, 0) is 11.8 Å². The van der Waals surface area contributed by atoms with E-state index >= 15 is 0 Å². The molecule has 39 heavy (non-hydrogen) atoms. The lowest BCUT2D eigenvalue weighted by Gasteiger charge is -2.42. The molecule has 1 saturated heterocycles. The zero-order valence-electron chi connectivity index (χ0n) is 21.9. The Kier molecular flexibility index (Phi) is 5.39. The SMILES string of the molecule is Cc1cc(C(=O)N2CCN3C(=O)c4cn5nc(-c6ccc(C(F)(F)F)cc6)cc(C(C)C)c5[n+]4C3(C)C2)n[nH]1. The molecule has 9 nitrogen and oxygen atoms in total. The first-order chi connectivity index (χ1) is 18.4. The molecule has 2 aliphatic heterocycles. The van der Waals surface area contributed by atoms with Crippen LogP contribution in [0.4, 0.5) is 13.2 Å². The predicted octanol–water partition coefficient (Wildman–Crippen LogP) is 3.75. The van der Waals surface area contributed by atoms with Crippen molar-refractivity contribution < 1.29 is 27.3 Å². The Bertz CT molecular complexity index is 1640. The van der Waals surface area contributed by atoms with Gasteiger partial charge in [0, 0.05) is 36.8 Å². The predicted molar refractivity (Wildman–Crippen MR) is 134 cm³/mol. The van der Waals surface area contributed by atoms with E-state index in [0.29, 0.717) is 41.4 Å². The van der Waals surface area contributed by atoms with Gasteiger partial charge < -0.3 is 4.90 Å². The van der Waals surface area contributed by atoms with Gasteiger partial charge in [-0.15, -0.1) is 0 Å². The van der Waals surface area contributed by atoms with E-state index in [4.69, 9.17) is 5.10 Å². The van der Waals surface area contributed by atoms with Crippen LogP contribution in [-0.4, -0.2) is 61.1 Å². The van der Waals surface area contributed by atoms with Gasteiger partial charge in [0.15, 0.2) is 6.20 Å². The number of H-pyrrole nitrogens is 1. The maximum Gasteiger partial charge on any atom is 0.416 e. The molecule has 4 aromatic rings. The molecule has 1 unspecified atom stereocenters. The molecule has 6 rings (SSSR count). The number of hydrogen-bond donors (Lipinski definition) is 1. The summed E-state index contributed by atoms with van der Waals surface area (Å²) < 4.78 is 42.8. The number of fused-ring (bicyclic) bond motifs is 5. The van der Waals surface area contributed by atoms with Gasteiger partial charge in [-0.2, -0.15) is 22.8 Å². The van der Waals surface area contributed by atoms with E-state index in [1.807, 2.05) is 38.3 Å². The highest BCUT2D eigenvalue weighted by Crippen LogP contribution is 2.35. The van der Waals surface area contributed by atoms with Crippen molar-refractivity contribution in [1.29, 1.82) is 0 Å². The molecule has 202 valence electrons. The van der Waals surface area contributed by atoms with E-state index in [-0.39, 0.29) is 24.3 Å². The number of aryl methyl sites for hydroxylation is 1. The third kappa shape index (κ3) is 3.80. The summed E-state index contributed by atoms with van der Waals surface area (Å²) in [6, 6.07) is 8.45. The number of nitrogens with one attached hydrogen (secondary N) is 1. The zero-order valence-corrected chi connectivity index (χ0v) is 21.9. The Balaban J connectivity index is 1.45. The van der Waals surface area contributed by atoms with Crippen molar-refractivity contribution >= 4 is 17.5 Å². The lowest BCUT2D eigenvalue weighted by atomic mass is 10.0. The van der Waals surface area contributed by atoms with Crippen molar-refractivity contribution in [2.75, 3.05) is 19.6 Å². The summed E-state index contributed by atoms with van der Waals surface area (Å²) in [5, 5.41) is 11.6. The number of benzene rings is 1. The van der Waals surface area contributed by atoms with E-state index in [1.54, 1.807) is 26.6 Å². The normalized spacial score (nSPS) is 19.2. The first kappa shape index (κ1) is 25.1. The molecule has 5 heterocycles. The zero-order chi connectivity index (χ0) is 27.9. The van der Waals surface area contributed by atoms with Crippen LogP contribution in [0.15, 0.2) is 42.6 Å². The Labute approximate surface area is 221 Å². The average Bonchev–Trinajstić information content (AvgIpc) is 3.55. The van der Waals surface area contributed by atoms with Crippen molar-refractivity contribution in [3.63, 3.8) is 0 Å².